The lowest BCUT2D eigenvalue weighted by atomic mass is 10.0. The lowest BCUT2D eigenvalue weighted by Gasteiger charge is -2.19. The van der Waals surface area contributed by atoms with E-state index in [2.05, 4.69) is 10.2 Å². The van der Waals surface area contributed by atoms with Crippen molar-refractivity contribution >= 4 is 23.7 Å². The van der Waals surface area contributed by atoms with Crippen LogP contribution in [-0.2, 0) is 9.59 Å². The van der Waals surface area contributed by atoms with Gasteiger partial charge >= 0.3 is 5.97 Å². The number of rotatable bonds is 5. The highest BCUT2D eigenvalue weighted by Crippen LogP contribution is 2.02. The predicted molar refractivity (Wildman–Crippen MR) is 52.9 cm³/mol. The summed E-state index contributed by atoms with van der Waals surface area (Å²) in [5, 5.41) is 11.2. The van der Waals surface area contributed by atoms with E-state index in [1.165, 1.54) is 0 Å². The van der Waals surface area contributed by atoms with Crippen LogP contribution in [0.15, 0.2) is 0 Å². The van der Waals surface area contributed by atoms with E-state index in [1.807, 2.05) is 0 Å². The fraction of sp³-hybridized carbons (Fsp3) is 0.750. The van der Waals surface area contributed by atoms with E-state index in [1.54, 1.807) is 20.8 Å². The third kappa shape index (κ3) is 3.93. The Hall–Kier alpha value is -0.810. The van der Waals surface area contributed by atoms with Gasteiger partial charge in [0.1, 0.15) is 6.04 Å². The Morgan fingerprint density at radius 2 is 1.79 bits per heavy atom. The van der Waals surface area contributed by atoms with Crippen LogP contribution in [0.4, 0.5) is 0 Å². The minimum absolute atomic E-state index is 0.168. The van der Waals surface area contributed by atoms with Gasteiger partial charge in [-0.3, -0.25) is 4.79 Å². The molecule has 0 rings (SSSR count). The Balaban J connectivity index is 4.31. The van der Waals surface area contributed by atoms with Crippen molar-refractivity contribution in [3.63, 3.8) is 0 Å². The molecule has 0 aromatic carbocycles. The van der Waals surface area contributed by atoms with E-state index in [9.17, 15) is 9.59 Å². The van der Waals surface area contributed by atoms with E-state index < -0.39 is 24.0 Å². The lowest BCUT2D eigenvalue weighted by Crippen LogP contribution is -2.49. The molecule has 0 bridgehead atoms. The molecule has 0 aromatic rings. The second-order valence-corrected chi connectivity index (χ2v) is 3.62. The maximum atomic E-state index is 11.3. The monoisotopic (exact) mass is 222 g/mol. The minimum Gasteiger partial charge on any atom is -0.480 e. The zero-order chi connectivity index (χ0) is 11.3. The molecule has 0 fully saturated rings. The molecule has 0 saturated carbocycles. The summed E-state index contributed by atoms with van der Waals surface area (Å²) in [5.74, 6) is -1.64. The number of aliphatic carboxylic acids is 1. The number of hydrogen-bond acceptors (Lipinski definition) is 3. The van der Waals surface area contributed by atoms with E-state index in [0.717, 1.165) is 0 Å². The van der Waals surface area contributed by atoms with Crippen molar-refractivity contribution < 1.29 is 14.7 Å². The standard InChI is InChI=1S/C8H15ClN2O3/c1-4(2)6(8(13)14)10-7(12)5(3)11-9/h4-6,11H,1-3H3,(H,10,12)(H,13,14)/t5-,6-/m0/s1. The Morgan fingerprint density at radius 1 is 1.29 bits per heavy atom. The molecule has 0 aromatic heterocycles. The van der Waals surface area contributed by atoms with Crippen molar-refractivity contribution in [3.05, 3.63) is 0 Å². The number of halogens is 1. The fourth-order valence-electron chi connectivity index (χ4n) is 0.841. The first-order valence-corrected chi connectivity index (χ1v) is 4.67. The van der Waals surface area contributed by atoms with Crippen LogP contribution in [0.3, 0.4) is 0 Å². The molecule has 2 atom stereocenters. The second kappa shape index (κ2) is 5.82. The van der Waals surface area contributed by atoms with Gasteiger partial charge in [0.15, 0.2) is 0 Å². The summed E-state index contributed by atoms with van der Waals surface area (Å²) in [4.78, 5) is 24.2. The summed E-state index contributed by atoms with van der Waals surface area (Å²) in [6, 6.07) is -1.49. The summed E-state index contributed by atoms with van der Waals surface area (Å²) in [6.07, 6.45) is 0. The minimum atomic E-state index is -1.05. The van der Waals surface area contributed by atoms with Gasteiger partial charge in [-0.2, -0.15) is 0 Å². The Bertz CT molecular complexity index is 221. The highest BCUT2D eigenvalue weighted by Gasteiger charge is 2.25. The number of nitrogens with one attached hydrogen (secondary N) is 2. The molecular weight excluding hydrogens is 208 g/mol. The van der Waals surface area contributed by atoms with Crippen molar-refractivity contribution in [1.29, 1.82) is 0 Å². The first-order valence-electron chi connectivity index (χ1n) is 4.29. The molecule has 0 heterocycles. The zero-order valence-corrected chi connectivity index (χ0v) is 9.13. The molecule has 3 N–H and O–H groups in total. The Morgan fingerprint density at radius 3 is 2.07 bits per heavy atom. The molecule has 0 aliphatic carbocycles. The molecule has 14 heavy (non-hydrogen) atoms. The van der Waals surface area contributed by atoms with Crippen LogP contribution < -0.4 is 10.2 Å². The first kappa shape index (κ1) is 13.2. The average molecular weight is 223 g/mol. The predicted octanol–water partition coefficient (Wildman–Crippen LogP) is 0.344. The van der Waals surface area contributed by atoms with Crippen LogP contribution in [0.5, 0.6) is 0 Å². The molecule has 0 radical (unpaired) electrons. The van der Waals surface area contributed by atoms with Gasteiger partial charge in [-0.1, -0.05) is 13.8 Å². The van der Waals surface area contributed by atoms with Gasteiger partial charge in [0.25, 0.3) is 0 Å². The van der Waals surface area contributed by atoms with Gasteiger partial charge in [0.2, 0.25) is 5.91 Å². The molecule has 0 spiro atoms. The van der Waals surface area contributed by atoms with E-state index in [-0.39, 0.29) is 5.92 Å². The number of amides is 1. The summed E-state index contributed by atoms with van der Waals surface area (Å²) in [6.45, 7) is 4.98. The normalized spacial score (nSPS) is 14.9. The Labute approximate surface area is 87.9 Å². The smallest absolute Gasteiger partial charge is 0.326 e. The maximum absolute atomic E-state index is 11.3. The molecule has 0 aliphatic rings. The fourth-order valence-corrected chi connectivity index (χ4v) is 0.940. The number of carbonyl (C=O) groups excluding carboxylic acids is 1. The van der Waals surface area contributed by atoms with Crippen molar-refractivity contribution in [1.82, 2.24) is 10.2 Å². The average Bonchev–Trinajstić information content (AvgIpc) is 2.11. The van der Waals surface area contributed by atoms with Gasteiger partial charge in [-0.15, -0.1) is 0 Å². The number of carboxylic acids is 1. The van der Waals surface area contributed by atoms with E-state index >= 15 is 0 Å². The molecule has 1 amide bonds. The molecule has 82 valence electrons. The van der Waals surface area contributed by atoms with Crippen LogP contribution in [0, 0.1) is 5.92 Å². The maximum Gasteiger partial charge on any atom is 0.326 e. The van der Waals surface area contributed by atoms with Crippen LogP contribution in [0.2, 0.25) is 0 Å². The van der Waals surface area contributed by atoms with Crippen molar-refractivity contribution in [3.8, 4) is 0 Å². The topological polar surface area (TPSA) is 78.4 Å². The molecule has 6 heteroatoms. The highest BCUT2D eigenvalue weighted by molar-refractivity contribution is 6.15. The third-order valence-electron chi connectivity index (χ3n) is 1.79. The van der Waals surface area contributed by atoms with Gasteiger partial charge in [0, 0.05) is 0 Å². The molecular formula is C8H15ClN2O3. The number of carbonyl (C=O) groups is 2. The van der Waals surface area contributed by atoms with Gasteiger partial charge < -0.3 is 10.4 Å². The lowest BCUT2D eigenvalue weighted by molar-refractivity contribution is -0.143. The summed E-state index contributed by atoms with van der Waals surface area (Å²) in [7, 11) is 0. The summed E-state index contributed by atoms with van der Waals surface area (Å²) in [5.41, 5.74) is 0. The van der Waals surface area contributed by atoms with Gasteiger partial charge in [-0.25, -0.2) is 9.63 Å². The number of carboxylic acid groups (broad SMARTS) is 1. The van der Waals surface area contributed by atoms with Gasteiger partial charge in [0.05, 0.1) is 6.04 Å². The number of hydrogen-bond donors (Lipinski definition) is 3. The summed E-state index contributed by atoms with van der Waals surface area (Å²) < 4.78 is 0. The Kier molecular flexibility index (Phi) is 5.49. The van der Waals surface area contributed by atoms with Crippen molar-refractivity contribution in [2.75, 3.05) is 0 Å². The van der Waals surface area contributed by atoms with Crippen LogP contribution >= 0.6 is 11.8 Å². The molecule has 5 nitrogen and oxygen atoms in total. The van der Waals surface area contributed by atoms with Crippen molar-refractivity contribution in [2.45, 2.75) is 32.9 Å². The largest absolute Gasteiger partial charge is 0.480 e. The molecule has 0 aliphatic heterocycles. The summed E-state index contributed by atoms with van der Waals surface area (Å²) >= 11 is 5.23. The highest BCUT2D eigenvalue weighted by atomic mass is 35.5. The van der Waals surface area contributed by atoms with Crippen LogP contribution in [0.25, 0.3) is 0 Å². The zero-order valence-electron chi connectivity index (χ0n) is 8.37. The van der Waals surface area contributed by atoms with Gasteiger partial charge in [-0.05, 0) is 24.6 Å². The first-order chi connectivity index (χ1) is 6.40. The second-order valence-electron chi connectivity index (χ2n) is 3.40. The van der Waals surface area contributed by atoms with E-state index in [4.69, 9.17) is 16.9 Å². The van der Waals surface area contributed by atoms with Crippen LogP contribution in [-0.4, -0.2) is 29.1 Å². The van der Waals surface area contributed by atoms with Crippen LogP contribution in [0.1, 0.15) is 20.8 Å². The SMILES string of the molecule is CC(C)[C@H](NC(=O)[C@H](C)NCl)C(=O)O. The third-order valence-corrected chi connectivity index (χ3v) is 2.11. The quantitative estimate of drug-likeness (QED) is 0.587. The van der Waals surface area contributed by atoms with E-state index in [0.29, 0.717) is 0 Å². The molecule has 0 saturated heterocycles. The molecule has 0 unspecified atom stereocenters. The van der Waals surface area contributed by atoms with Crippen molar-refractivity contribution in [2.24, 2.45) is 5.92 Å².